The van der Waals surface area contributed by atoms with Gasteiger partial charge in [-0.3, -0.25) is 14.4 Å². The molecule has 0 aliphatic carbocycles. The number of halogens is 2. The van der Waals surface area contributed by atoms with Gasteiger partial charge in [0.05, 0.1) is 25.5 Å². The summed E-state index contributed by atoms with van der Waals surface area (Å²) < 4.78 is 20.7. The molecule has 148 valence electrons. The van der Waals surface area contributed by atoms with Gasteiger partial charge in [0.25, 0.3) is 11.5 Å². The molecule has 1 aromatic carbocycles. The molecule has 28 heavy (non-hydrogen) atoms. The number of rotatable bonds is 5. The number of pyridine rings is 1. The number of hydrogen-bond acceptors (Lipinski definition) is 5. The van der Waals surface area contributed by atoms with E-state index >= 15 is 0 Å². The molecule has 0 saturated heterocycles. The molecule has 1 aliphatic heterocycles. The predicted molar refractivity (Wildman–Crippen MR) is 96.2 cm³/mol. The number of fused-ring (bicyclic) bond motifs is 1. The Balaban J connectivity index is 2.12. The fraction of sp³-hybridized carbons (Fsp3) is 0.278. The van der Waals surface area contributed by atoms with Crippen molar-refractivity contribution in [2.45, 2.75) is 19.6 Å². The number of carbonyl (C=O) groups excluding carboxylic acids is 1. The molecule has 3 rings (SSSR count). The summed E-state index contributed by atoms with van der Waals surface area (Å²) in [6.07, 6.45) is 0.240. The Morgan fingerprint density at radius 3 is 2.79 bits per heavy atom. The van der Waals surface area contributed by atoms with Crippen molar-refractivity contribution in [3.8, 4) is 5.75 Å². The number of benzene rings is 1. The maximum Gasteiger partial charge on any atom is 0.322 e. The van der Waals surface area contributed by atoms with Crippen LogP contribution in [0.1, 0.15) is 27.2 Å². The number of nitrogens with one attached hydrogen (secondary N) is 1. The molecule has 2 heterocycles. The third-order valence-electron chi connectivity index (χ3n) is 4.36. The SMILES string of the molecule is O=C(O)CNC(=O)c1c(O)c2c(n(Cc3ccc(Cl)cc3F)c1=O)COCC2. The summed E-state index contributed by atoms with van der Waals surface area (Å²) >= 11 is 5.75. The van der Waals surface area contributed by atoms with Crippen LogP contribution in [0.4, 0.5) is 4.39 Å². The lowest BCUT2D eigenvalue weighted by molar-refractivity contribution is -0.135. The van der Waals surface area contributed by atoms with E-state index in [-0.39, 0.29) is 36.8 Å². The summed E-state index contributed by atoms with van der Waals surface area (Å²) in [6, 6.07) is 3.98. The molecular formula is C18H16ClFN2O6. The molecule has 1 amide bonds. The van der Waals surface area contributed by atoms with Crippen LogP contribution in [0.3, 0.4) is 0 Å². The third kappa shape index (κ3) is 3.85. The van der Waals surface area contributed by atoms with Crippen LogP contribution >= 0.6 is 11.6 Å². The molecule has 0 unspecified atom stereocenters. The highest BCUT2D eigenvalue weighted by molar-refractivity contribution is 6.30. The summed E-state index contributed by atoms with van der Waals surface area (Å²) in [4.78, 5) is 35.9. The average Bonchev–Trinajstić information content (AvgIpc) is 2.65. The van der Waals surface area contributed by atoms with E-state index in [0.717, 1.165) is 10.6 Å². The van der Waals surface area contributed by atoms with E-state index in [9.17, 15) is 23.9 Å². The van der Waals surface area contributed by atoms with Crippen molar-refractivity contribution in [3.63, 3.8) is 0 Å². The zero-order valence-corrected chi connectivity index (χ0v) is 15.3. The maximum absolute atomic E-state index is 14.2. The molecule has 0 radical (unpaired) electrons. The van der Waals surface area contributed by atoms with Crippen LogP contribution in [0.5, 0.6) is 5.75 Å². The molecule has 0 fully saturated rings. The number of ether oxygens (including phenoxy) is 1. The standard InChI is InChI=1S/C18H16ClFN2O6/c19-10-2-1-9(12(20)5-10)7-22-13-8-28-4-3-11(13)16(25)15(18(22)27)17(26)21-6-14(23)24/h1-2,5,25H,3-4,6-8H2,(H,21,26)(H,23,24). The molecule has 10 heteroatoms. The van der Waals surface area contributed by atoms with Crippen LogP contribution in [-0.2, 0) is 29.1 Å². The van der Waals surface area contributed by atoms with Gasteiger partial charge in [-0.05, 0) is 12.1 Å². The fourth-order valence-electron chi connectivity index (χ4n) is 3.02. The highest BCUT2D eigenvalue weighted by Crippen LogP contribution is 2.28. The van der Waals surface area contributed by atoms with E-state index < -0.39 is 41.1 Å². The number of nitrogens with zero attached hydrogens (tertiary/aromatic N) is 1. The Kier molecular flexibility index (Phi) is 5.66. The fourth-order valence-corrected chi connectivity index (χ4v) is 3.18. The molecule has 1 aliphatic rings. The highest BCUT2D eigenvalue weighted by atomic mass is 35.5. The number of carboxylic acid groups (broad SMARTS) is 1. The number of aliphatic carboxylic acids is 1. The summed E-state index contributed by atoms with van der Waals surface area (Å²) in [5.74, 6) is -3.47. The van der Waals surface area contributed by atoms with Crippen LogP contribution in [0.25, 0.3) is 0 Å². The van der Waals surface area contributed by atoms with Crippen LogP contribution in [-0.4, -0.2) is 39.8 Å². The van der Waals surface area contributed by atoms with Crippen molar-refractivity contribution in [1.29, 1.82) is 0 Å². The summed E-state index contributed by atoms with van der Waals surface area (Å²) in [5, 5.41) is 21.4. The minimum Gasteiger partial charge on any atom is -0.507 e. The Hall–Kier alpha value is -2.91. The largest absolute Gasteiger partial charge is 0.507 e. The normalized spacial score (nSPS) is 13.1. The second-order valence-electron chi connectivity index (χ2n) is 6.15. The third-order valence-corrected chi connectivity index (χ3v) is 4.60. The number of carboxylic acids is 1. The van der Waals surface area contributed by atoms with Crippen molar-refractivity contribution in [1.82, 2.24) is 9.88 Å². The Labute approximate surface area is 163 Å². The quantitative estimate of drug-likeness (QED) is 0.683. The smallest absolute Gasteiger partial charge is 0.322 e. The molecule has 3 N–H and O–H groups in total. The van der Waals surface area contributed by atoms with Crippen molar-refractivity contribution in [2.75, 3.05) is 13.2 Å². The first kappa shape index (κ1) is 19.8. The molecule has 2 aromatic rings. The monoisotopic (exact) mass is 410 g/mol. The van der Waals surface area contributed by atoms with Gasteiger partial charge in [-0.2, -0.15) is 0 Å². The number of carbonyl (C=O) groups is 2. The molecular weight excluding hydrogens is 395 g/mol. The van der Waals surface area contributed by atoms with Crippen LogP contribution < -0.4 is 10.9 Å². The van der Waals surface area contributed by atoms with Crippen LogP contribution in [0.2, 0.25) is 5.02 Å². The molecule has 0 bridgehead atoms. The summed E-state index contributed by atoms with van der Waals surface area (Å²) in [6.45, 7) is -0.661. The first-order chi connectivity index (χ1) is 13.3. The lowest BCUT2D eigenvalue weighted by Gasteiger charge is -2.24. The predicted octanol–water partition coefficient (Wildman–Crippen LogP) is 1.28. The molecule has 0 saturated carbocycles. The van der Waals surface area contributed by atoms with Crippen molar-refractivity contribution < 1.29 is 28.9 Å². The van der Waals surface area contributed by atoms with E-state index in [0.29, 0.717) is 11.3 Å². The minimum absolute atomic E-state index is 0.00433. The second-order valence-corrected chi connectivity index (χ2v) is 6.59. The van der Waals surface area contributed by atoms with Crippen molar-refractivity contribution in [2.24, 2.45) is 0 Å². The number of aromatic hydroxyl groups is 1. The Morgan fingerprint density at radius 2 is 2.11 bits per heavy atom. The van der Waals surface area contributed by atoms with Gasteiger partial charge in [-0.25, -0.2) is 4.39 Å². The first-order valence-electron chi connectivity index (χ1n) is 8.28. The van der Waals surface area contributed by atoms with Gasteiger partial charge >= 0.3 is 5.97 Å². The maximum atomic E-state index is 14.2. The van der Waals surface area contributed by atoms with E-state index in [4.69, 9.17) is 21.4 Å². The summed E-state index contributed by atoms with van der Waals surface area (Å²) in [7, 11) is 0. The molecule has 8 nitrogen and oxygen atoms in total. The summed E-state index contributed by atoms with van der Waals surface area (Å²) in [5.41, 5.74) is -0.643. The Morgan fingerprint density at radius 1 is 1.36 bits per heavy atom. The minimum atomic E-state index is -1.30. The Bertz CT molecular complexity index is 1020. The van der Waals surface area contributed by atoms with Crippen molar-refractivity contribution in [3.05, 3.63) is 61.8 Å². The van der Waals surface area contributed by atoms with E-state index in [1.165, 1.54) is 12.1 Å². The molecule has 1 aromatic heterocycles. The van der Waals surface area contributed by atoms with Gasteiger partial charge in [0.15, 0.2) is 0 Å². The number of aromatic nitrogens is 1. The average molecular weight is 411 g/mol. The first-order valence-corrected chi connectivity index (χ1v) is 8.66. The molecule has 0 spiro atoms. The second kappa shape index (κ2) is 7.99. The van der Waals surface area contributed by atoms with Crippen LogP contribution in [0.15, 0.2) is 23.0 Å². The lowest BCUT2D eigenvalue weighted by atomic mass is 10.0. The van der Waals surface area contributed by atoms with Crippen molar-refractivity contribution >= 4 is 23.5 Å². The van der Waals surface area contributed by atoms with Crippen LogP contribution in [0, 0.1) is 5.82 Å². The van der Waals surface area contributed by atoms with Gasteiger partial charge in [0, 0.05) is 22.6 Å². The van der Waals surface area contributed by atoms with E-state index in [1.807, 2.05) is 0 Å². The molecule has 0 atom stereocenters. The van der Waals surface area contributed by atoms with Gasteiger partial charge in [0.1, 0.15) is 23.7 Å². The van der Waals surface area contributed by atoms with E-state index in [1.54, 1.807) is 0 Å². The van der Waals surface area contributed by atoms with Gasteiger partial charge in [-0.1, -0.05) is 17.7 Å². The van der Waals surface area contributed by atoms with Gasteiger partial charge < -0.3 is 24.8 Å². The van der Waals surface area contributed by atoms with Gasteiger partial charge in [0.2, 0.25) is 0 Å². The highest BCUT2D eigenvalue weighted by Gasteiger charge is 2.28. The van der Waals surface area contributed by atoms with Gasteiger partial charge in [-0.15, -0.1) is 0 Å². The zero-order chi connectivity index (χ0) is 20.4. The number of amides is 1. The number of hydrogen-bond donors (Lipinski definition) is 3. The zero-order valence-electron chi connectivity index (χ0n) is 14.5. The topological polar surface area (TPSA) is 118 Å². The lowest BCUT2D eigenvalue weighted by Crippen LogP contribution is -2.38. The van der Waals surface area contributed by atoms with E-state index in [2.05, 4.69) is 5.32 Å².